The van der Waals surface area contributed by atoms with Gasteiger partial charge in [0.25, 0.3) is 11.8 Å². The van der Waals surface area contributed by atoms with Gasteiger partial charge >= 0.3 is 5.97 Å². The lowest BCUT2D eigenvalue weighted by molar-refractivity contribution is -0.154. The Labute approximate surface area is 294 Å². The molecule has 0 radical (unpaired) electrons. The maximum absolute atomic E-state index is 14.2. The summed E-state index contributed by atoms with van der Waals surface area (Å²) >= 11 is 3.85. The van der Waals surface area contributed by atoms with Gasteiger partial charge in [0.05, 0.1) is 0 Å². The minimum atomic E-state index is -0.967. The third-order valence-electron chi connectivity index (χ3n) is 7.28. The molecule has 1 saturated heterocycles. The van der Waals surface area contributed by atoms with E-state index in [1.165, 1.54) is 28.4 Å². The van der Waals surface area contributed by atoms with Crippen LogP contribution in [0.4, 0.5) is 5.13 Å². The van der Waals surface area contributed by atoms with Crippen LogP contribution in [0, 0.1) is 12.3 Å². The summed E-state index contributed by atoms with van der Waals surface area (Å²) in [5, 5.41) is 9.62. The van der Waals surface area contributed by atoms with E-state index in [1.54, 1.807) is 17.8 Å². The van der Waals surface area contributed by atoms with E-state index in [0.717, 1.165) is 28.0 Å². The van der Waals surface area contributed by atoms with Gasteiger partial charge in [-0.05, 0) is 34.2 Å². The fraction of sp³-hybridized carbons (Fsp3) is 0.143. The number of fused-ring (bicyclic) bond motifs is 1. The van der Waals surface area contributed by atoms with Gasteiger partial charge in [-0.2, -0.15) is 0 Å². The zero-order chi connectivity index (χ0) is 34.2. The van der Waals surface area contributed by atoms with Crippen LogP contribution in [0.1, 0.15) is 28.5 Å². The van der Waals surface area contributed by atoms with Crippen LogP contribution < -0.4 is 11.1 Å². The van der Waals surface area contributed by atoms with Crippen LogP contribution in [0.5, 0.6) is 0 Å². The number of esters is 1. The first-order valence-corrected chi connectivity index (χ1v) is 17.6. The Morgan fingerprint density at radius 1 is 1.14 bits per heavy atom. The zero-order valence-corrected chi connectivity index (χ0v) is 28.1. The monoisotopic (exact) mass is 708 g/mol. The molecule has 2 aliphatic heterocycles. The molecular formula is C35H28N6O5S3. The van der Waals surface area contributed by atoms with Crippen molar-refractivity contribution < 1.29 is 24.0 Å². The Balaban J connectivity index is 1.28. The number of nitrogens with zero attached hydrogens (tertiary/aromatic N) is 4. The first-order valence-electron chi connectivity index (χ1n) is 14.8. The van der Waals surface area contributed by atoms with Crippen LogP contribution >= 0.6 is 34.9 Å². The normalized spacial score (nSPS) is 17.3. The molecule has 246 valence electrons. The number of rotatable bonds is 12. The van der Waals surface area contributed by atoms with Gasteiger partial charge in [0.15, 0.2) is 23.6 Å². The van der Waals surface area contributed by atoms with E-state index in [0.29, 0.717) is 10.7 Å². The largest absolute Gasteiger partial charge is 0.448 e. The highest BCUT2D eigenvalue weighted by Crippen LogP contribution is 2.45. The second kappa shape index (κ2) is 15.7. The molecule has 4 aromatic rings. The van der Waals surface area contributed by atoms with E-state index in [9.17, 15) is 14.4 Å². The van der Waals surface area contributed by atoms with E-state index in [4.69, 9.17) is 21.7 Å². The lowest BCUT2D eigenvalue weighted by Gasteiger charge is -2.49. The molecule has 0 aliphatic carbocycles. The van der Waals surface area contributed by atoms with Crippen molar-refractivity contribution in [1.29, 1.82) is 0 Å². The molecule has 14 heteroatoms. The first-order chi connectivity index (χ1) is 23.9. The van der Waals surface area contributed by atoms with Crippen LogP contribution in [0.25, 0.3) is 6.08 Å². The molecule has 1 fully saturated rings. The van der Waals surface area contributed by atoms with Crippen LogP contribution in [-0.4, -0.2) is 62.1 Å². The van der Waals surface area contributed by atoms with E-state index in [2.05, 4.69) is 26.4 Å². The molecule has 0 saturated carbocycles. The summed E-state index contributed by atoms with van der Waals surface area (Å²) in [5.74, 6) is 0.802. The fourth-order valence-corrected chi connectivity index (χ4v) is 7.93. The minimum Gasteiger partial charge on any atom is -0.448 e. The molecule has 2 unspecified atom stereocenters. The highest BCUT2D eigenvalue weighted by molar-refractivity contribution is 8.08. The lowest BCUT2D eigenvalue weighted by Crippen LogP contribution is -2.71. The number of terminal acetylenes is 1. The third-order valence-corrected chi connectivity index (χ3v) is 10.3. The number of pyridine rings is 1. The summed E-state index contributed by atoms with van der Waals surface area (Å²) < 4.78 is 6.22. The number of amides is 2. The molecule has 2 atom stereocenters. The number of anilines is 1. The number of hydrogen-bond donors (Lipinski definition) is 2. The molecule has 0 spiro atoms. The highest BCUT2D eigenvalue weighted by atomic mass is 32.2. The predicted molar refractivity (Wildman–Crippen MR) is 192 cm³/mol. The van der Waals surface area contributed by atoms with Crippen molar-refractivity contribution in [2.45, 2.75) is 17.5 Å². The van der Waals surface area contributed by atoms with Gasteiger partial charge in [0, 0.05) is 28.4 Å². The van der Waals surface area contributed by atoms with Gasteiger partial charge in [0.2, 0.25) is 0 Å². The van der Waals surface area contributed by atoms with Crippen molar-refractivity contribution in [3.05, 3.63) is 129 Å². The molecule has 2 amide bonds. The molecule has 6 rings (SSSR count). The van der Waals surface area contributed by atoms with Gasteiger partial charge < -0.3 is 20.6 Å². The fourth-order valence-electron chi connectivity index (χ4n) is 5.03. The maximum Gasteiger partial charge on any atom is 0.356 e. The standard InChI is InChI=1S/C35H28N6O5S3/c1-2-17-45-40-27(25-20-49-35(36)38-25)31(42)39-28-32(43)41-29(26(21-48-33(28)41)47-18-15-22-10-9-16-37-19-22)34(44)46-30(23-11-5-3-6-12-23)24-13-7-4-8-14-24/h1,3-16,18-20,28,30,33H,17,21H2,(H2,36,38)(H,39,42)/b18-15-,40-27+. The number of thioether (sulfide) groups is 2. The second-order valence-electron chi connectivity index (χ2n) is 10.4. The average Bonchev–Trinajstić information content (AvgIpc) is 3.57. The molecule has 11 nitrogen and oxygen atoms in total. The number of aromatic nitrogens is 2. The topological polar surface area (TPSA) is 149 Å². The summed E-state index contributed by atoms with van der Waals surface area (Å²) in [6.45, 7) is -0.177. The van der Waals surface area contributed by atoms with Crippen molar-refractivity contribution >= 4 is 69.6 Å². The molecule has 0 bridgehead atoms. The Kier molecular flexibility index (Phi) is 10.7. The number of carbonyl (C=O) groups is 3. The van der Waals surface area contributed by atoms with Crippen LogP contribution in [0.15, 0.2) is 112 Å². The summed E-state index contributed by atoms with van der Waals surface area (Å²) in [4.78, 5) is 56.8. The zero-order valence-electron chi connectivity index (χ0n) is 25.7. The van der Waals surface area contributed by atoms with Crippen molar-refractivity contribution in [2.75, 3.05) is 18.1 Å². The number of ether oxygens (including phenoxy) is 1. The predicted octanol–water partition coefficient (Wildman–Crippen LogP) is 4.82. The Hall–Kier alpha value is -5.36. The van der Waals surface area contributed by atoms with Crippen molar-refractivity contribution in [3.63, 3.8) is 0 Å². The maximum atomic E-state index is 14.2. The van der Waals surface area contributed by atoms with Gasteiger partial charge in [-0.15, -0.1) is 29.5 Å². The molecule has 4 heterocycles. The Morgan fingerprint density at radius 3 is 2.51 bits per heavy atom. The summed E-state index contributed by atoms with van der Waals surface area (Å²) in [6.07, 6.45) is 9.81. The number of hydrogen-bond acceptors (Lipinski definition) is 12. The molecule has 2 aromatic carbocycles. The van der Waals surface area contributed by atoms with Crippen LogP contribution in [0.2, 0.25) is 0 Å². The second-order valence-corrected chi connectivity index (χ2v) is 13.4. The van der Waals surface area contributed by atoms with E-state index < -0.39 is 35.3 Å². The van der Waals surface area contributed by atoms with E-state index in [1.807, 2.05) is 84.3 Å². The number of oxime groups is 1. The number of benzene rings is 2. The van der Waals surface area contributed by atoms with E-state index in [-0.39, 0.29) is 28.8 Å². The quantitative estimate of drug-likeness (QED) is 0.0524. The number of nitrogen functional groups attached to an aromatic ring is 1. The Bertz CT molecular complexity index is 1920. The molecule has 2 aliphatic rings. The average molecular weight is 709 g/mol. The number of β-lactam (4-membered cyclic amide) rings is 1. The van der Waals surface area contributed by atoms with Gasteiger partial charge in [0.1, 0.15) is 22.8 Å². The van der Waals surface area contributed by atoms with Crippen LogP contribution in [0.3, 0.4) is 0 Å². The molecule has 49 heavy (non-hydrogen) atoms. The number of thiazole rings is 1. The molecule has 2 aromatic heterocycles. The minimum absolute atomic E-state index is 0.121. The van der Waals surface area contributed by atoms with Gasteiger partial charge in [-0.25, -0.2) is 9.78 Å². The summed E-state index contributed by atoms with van der Waals surface area (Å²) in [5.41, 5.74) is 8.31. The molecule has 3 N–H and O–H groups in total. The first kappa shape index (κ1) is 33.5. The van der Waals surface area contributed by atoms with Crippen molar-refractivity contribution in [2.24, 2.45) is 5.16 Å². The lowest BCUT2D eigenvalue weighted by atomic mass is 10.0. The smallest absolute Gasteiger partial charge is 0.356 e. The highest BCUT2D eigenvalue weighted by Gasteiger charge is 2.55. The number of nitrogens with one attached hydrogen (secondary N) is 1. The number of nitrogens with two attached hydrogens (primary N) is 1. The third kappa shape index (κ3) is 7.70. The summed E-state index contributed by atoms with van der Waals surface area (Å²) in [6, 6.07) is 21.6. The van der Waals surface area contributed by atoms with Crippen molar-refractivity contribution in [3.8, 4) is 12.3 Å². The Morgan fingerprint density at radius 2 is 1.88 bits per heavy atom. The molecular weight excluding hydrogens is 681 g/mol. The van der Waals surface area contributed by atoms with Gasteiger partial charge in [-0.1, -0.05) is 89.6 Å². The SMILES string of the molecule is C#CCO/N=C(/C(=O)NC1C(=O)N2C(C(=O)OC(c3ccccc3)c3ccccc3)=C(S/C=C\c3cccnc3)CSC12)c1csc(N)n1. The van der Waals surface area contributed by atoms with Crippen LogP contribution in [-0.2, 0) is 24.0 Å². The van der Waals surface area contributed by atoms with E-state index >= 15 is 0 Å². The van der Waals surface area contributed by atoms with Gasteiger partial charge in [-0.3, -0.25) is 19.5 Å². The number of carbonyl (C=O) groups excluding carboxylic acids is 3. The van der Waals surface area contributed by atoms with Crippen molar-refractivity contribution in [1.82, 2.24) is 20.2 Å². The summed E-state index contributed by atoms with van der Waals surface area (Å²) in [7, 11) is 0.